The number of hydrogen-bond donors (Lipinski definition) is 2. The van der Waals surface area contributed by atoms with Gasteiger partial charge in [0.15, 0.2) is 5.82 Å². The number of hydrogen-bond acceptors (Lipinski definition) is 5. The zero-order valence-corrected chi connectivity index (χ0v) is 15.2. The predicted octanol–water partition coefficient (Wildman–Crippen LogP) is 3.27. The number of ether oxygens (including phenoxy) is 1. The van der Waals surface area contributed by atoms with Crippen molar-refractivity contribution in [2.75, 3.05) is 19.0 Å². The molecule has 0 aliphatic carbocycles. The Morgan fingerprint density at radius 1 is 1.11 bits per heavy atom. The number of anilines is 1. The molecule has 27 heavy (non-hydrogen) atoms. The molecule has 2 heterocycles. The van der Waals surface area contributed by atoms with E-state index < -0.39 is 0 Å². The molecule has 6 heteroatoms. The quantitative estimate of drug-likeness (QED) is 0.704. The molecule has 1 aliphatic heterocycles. The summed E-state index contributed by atoms with van der Waals surface area (Å²) in [6, 6.07) is 18.2. The topological polar surface area (TPSA) is 72.2 Å². The van der Waals surface area contributed by atoms with Gasteiger partial charge in [0.2, 0.25) is 5.95 Å². The molecule has 0 fully saturated rings. The molecule has 0 bridgehead atoms. The van der Waals surface area contributed by atoms with Gasteiger partial charge in [-0.25, -0.2) is 4.68 Å². The standard InChI is InChI=1S/C21H22N4O2/c1-27-17-11-9-15(10-12-17)18-14-19(16-6-3-2-4-7-16)25-21(22-18)23-20(24-25)8-5-13-26/h2-4,6-7,9-12,14,19,26H,5,8,13H2,1H3,(H,22,23,24). The zero-order valence-electron chi connectivity index (χ0n) is 15.2. The molecule has 2 aromatic carbocycles. The fourth-order valence-corrected chi connectivity index (χ4v) is 3.21. The molecule has 1 unspecified atom stereocenters. The van der Waals surface area contributed by atoms with E-state index in [-0.39, 0.29) is 12.6 Å². The van der Waals surface area contributed by atoms with Crippen LogP contribution in [0.2, 0.25) is 0 Å². The molecule has 138 valence electrons. The Labute approximate surface area is 158 Å². The third-order valence-corrected chi connectivity index (χ3v) is 4.61. The van der Waals surface area contributed by atoms with E-state index in [9.17, 15) is 0 Å². The zero-order chi connectivity index (χ0) is 18.6. The summed E-state index contributed by atoms with van der Waals surface area (Å²) in [4.78, 5) is 4.64. The Morgan fingerprint density at radius 3 is 2.59 bits per heavy atom. The number of rotatable bonds is 6. The first kappa shape index (κ1) is 17.3. The lowest BCUT2D eigenvalue weighted by Crippen LogP contribution is -2.20. The number of aliphatic hydroxyl groups excluding tert-OH is 1. The van der Waals surface area contributed by atoms with Crippen molar-refractivity contribution in [2.24, 2.45) is 0 Å². The Morgan fingerprint density at radius 2 is 1.89 bits per heavy atom. The van der Waals surface area contributed by atoms with Crippen LogP contribution in [0.1, 0.15) is 29.4 Å². The Kier molecular flexibility index (Phi) is 4.89. The van der Waals surface area contributed by atoms with Crippen LogP contribution in [0.4, 0.5) is 5.95 Å². The molecule has 1 aliphatic rings. The number of nitrogens with zero attached hydrogens (tertiary/aromatic N) is 3. The van der Waals surface area contributed by atoms with Gasteiger partial charge in [-0.2, -0.15) is 10.1 Å². The SMILES string of the molecule is COc1ccc(C2=CC(c3ccccc3)n3nc(CCCO)nc3N2)cc1. The minimum Gasteiger partial charge on any atom is -0.497 e. The molecular formula is C21H22N4O2. The molecule has 0 saturated carbocycles. The summed E-state index contributed by atoms with van der Waals surface area (Å²) < 4.78 is 7.17. The van der Waals surface area contributed by atoms with E-state index in [1.807, 2.05) is 47.1 Å². The summed E-state index contributed by atoms with van der Waals surface area (Å²) in [5.74, 6) is 2.27. The van der Waals surface area contributed by atoms with Gasteiger partial charge in [-0.3, -0.25) is 0 Å². The average Bonchev–Trinajstić information content (AvgIpc) is 3.15. The van der Waals surface area contributed by atoms with Crippen molar-refractivity contribution in [3.05, 3.63) is 77.6 Å². The van der Waals surface area contributed by atoms with Crippen molar-refractivity contribution in [3.63, 3.8) is 0 Å². The summed E-state index contributed by atoms with van der Waals surface area (Å²) in [6.07, 6.45) is 3.46. The highest BCUT2D eigenvalue weighted by Gasteiger charge is 2.25. The molecular weight excluding hydrogens is 340 g/mol. The number of nitrogens with one attached hydrogen (secondary N) is 1. The maximum Gasteiger partial charge on any atom is 0.226 e. The van der Waals surface area contributed by atoms with Gasteiger partial charge >= 0.3 is 0 Å². The van der Waals surface area contributed by atoms with Crippen molar-refractivity contribution >= 4 is 11.6 Å². The molecule has 1 aromatic heterocycles. The van der Waals surface area contributed by atoms with Crippen LogP contribution >= 0.6 is 0 Å². The fraction of sp³-hybridized carbons (Fsp3) is 0.238. The Bertz CT molecular complexity index is 933. The highest BCUT2D eigenvalue weighted by molar-refractivity contribution is 5.77. The van der Waals surface area contributed by atoms with Gasteiger partial charge < -0.3 is 15.2 Å². The van der Waals surface area contributed by atoms with Crippen LogP contribution in [0, 0.1) is 0 Å². The van der Waals surface area contributed by atoms with Gasteiger partial charge in [-0.1, -0.05) is 30.3 Å². The molecule has 6 nitrogen and oxygen atoms in total. The van der Waals surface area contributed by atoms with Crippen LogP contribution < -0.4 is 10.1 Å². The summed E-state index contributed by atoms with van der Waals surface area (Å²) in [7, 11) is 1.66. The second-order valence-electron chi connectivity index (χ2n) is 6.41. The number of aromatic nitrogens is 3. The number of benzene rings is 2. The van der Waals surface area contributed by atoms with Crippen LogP contribution in [-0.4, -0.2) is 33.6 Å². The van der Waals surface area contributed by atoms with E-state index in [1.165, 1.54) is 0 Å². The molecule has 3 aromatic rings. The molecule has 2 N–H and O–H groups in total. The third kappa shape index (κ3) is 3.57. The van der Waals surface area contributed by atoms with Crippen molar-refractivity contribution < 1.29 is 9.84 Å². The van der Waals surface area contributed by atoms with Crippen molar-refractivity contribution in [2.45, 2.75) is 18.9 Å². The highest BCUT2D eigenvalue weighted by Crippen LogP contribution is 2.33. The molecule has 0 saturated heterocycles. The van der Waals surface area contributed by atoms with Gasteiger partial charge in [0.25, 0.3) is 0 Å². The normalized spacial score (nSPS) is 15.6. The van der Waals surface area contributed by atoms with Crippen LogP contribution in [0.15, 0.2) is 60.7 Å². The highest BCUT2D eigenvalue weighted by atomic mass is 16.5. The smallest absolute Gasteiger partial charge is 0.226 e. The van der Waals surface area contributed by atoms with E-state index in [0.29, 0.717) is 18.8 Å². The van der Waals surface area contributed by atoms with Crippen LogP contribution in [0.3, 0.4) is 0 Å². The average molecular weight is 362 g/mol. The molecule has 1 atom stereocenters. The summed E-state index contributed by atoms with van der Waals surface area (Å²) in [5, 5.41) is 17.2. The van der Waals surface area contributed by atoms with E-state index >= 15 is 0 Å². The summed E-state index contributed by atoms with van der Waals surface area (Å²) in [6.45, 7) is 0.134. The monoisotopic (exact) mass is 362 g/mol. The minimum atomic E-state index is -0.0464. The number of aliphatic hydroxyl groups is 1. The van der Waals surface area contributed by atoms with Crippen LogP contribution in [0.25, 0.3) is 5.70 Å². The van der Waals surface area contributed by atoms with Crippen LogP contribution in [-0.2, 0) is 6.42 Å². The number of aryl methyl sites for hydroxylation is 1. The fourth-order valence-electron chi connectivity index (χ4n) is 3.21. The second-order valence-corrected chi connectivity index (χ2v) is 6.41. The summed E-state index contributed by atoms with van der Waals surface area (Å²) in [5.41, 5.74) is 3.19. The lowest BCUT2D eigenvalue weighted by atomic mass is 10.0. The molecule has 0 radical (unpaired) electrons. The first-order valence-corrected chi connectivity index (χ1v) is 9.03. The second kappa shape index (κ2) is 7.63. The molecule has 0 amide bonds. The lowest BCUT2D eigenvalue weighted by Gasteiger charge is -2.24. The first-order valence-electron chi connectivity index (χ1n) is 9.03. The summed E-state index contributed by atoms with van der Waals surface area (Å²) >= 11 is 0. The van der Waals surface area contributed by atoms with Gasteiger partial charge in [0.1, 0.15) is 11.8 Å². The van der Waals surface area contributed by atoms with Gasteiger partial charge in [-0.15, -0.1) is 0 Å². The third-order valence-electron chi connectivity index (χ3n) is 4.61. The van der Waals surface area contributed by atoms with Crippen LogP contribution in [0.5, 0.6) is 5.75 Å². The number of allylic oxidation sites excluding steroid dienone is 1. The van der Waals surface area contributed by atoms with E-state index in [4.69, 9.17) is 9.84 Å². The first-order chi connectivity index (χ1) is 13.3. The van der Waals surface area contributed by atoms with Crippen molar-refractivity contribution in [1.29, 1.82) is 0 Å². The number of fused-ring (bicyclic) bond motifs is 1. The lowest BCUT2D eigenvalue weighted by molar-refractivity contribution is 0.287. The Hall–Kier alpha value is -3.12. The Balaban J connectivity index is 1.73. The molecule has 4 rings (SSSR count). The predicted molar refractivity (Wildman–Crippen MR) is 105 cm³/mol. The van der Waals surface area contributed by atoms with Gasteiger partial charge in [0.05, 0.1) is 7.11 Å². The minimum absolute atomic E-state index is 0.0464. The molecule has 0 spiro atoms. The van der Waals surface area contributed by atoms with E-state index in [1.54, 1.807) is 7.11 Å². The number of methoxy groups -OCH3 is 1. The van der Waals surface area contributed by atoms with E-state index in [2.05, 4.69) is 33.6 Å². The van der Waals surface area contributed by atoms with Crippen molar-refractivity contribution in [3.8, 4) is 5.75 Å². The van der Waals surface area contributed by atoms with Gasteiger partial charge in [-0.05, 0) is 47.9 Å². The largest absolute Gasteiger partial charge is 0.497 e. The van der Waals surface area contributed by atoms with Gasteiger partial charge in [0, 0.05) is 18.7 Å². The van der Waals surface area contributed by atoms with E-state index in [0.717, 1.165) is 28.4 Å². The van der Waals surface area contributed by atoms with Crippen molar-refractivity contribution in [1.82, 2.24) is 14.8 Å². The maximum absolute atomic E-state index is 9.10. The maximum atomic E-state index is 9.10.